The van der Waals surface area contributed by atoms with Crippen molar-refractivity contribution in [2.45, 2.75) is 19.4 Å². The van der Waals surface area contributed by atoms with Crippen LogP contribution in [0.1, 0.15) is 16.8 Å². The lowest BCUT2D eigenvalue weighted by Crippen LogP contribution is -1.99. The van der Waals surface area contributed by atoms with Crippen molar-refractivity contribution < 1.29 is 4.74 Å². The lowest BCUT2D eigenvalue weighted by molar-refractivity contribution is 0.409. The number of methoxy groups -OCH3 is 1. The summed E-state index contributed by atoms with van der Waals surface area (Å²) in [5, 5.41) is 9.15. The fourth-order valence-corrected chi connectivity index (χ4v) is 2.70. The quantitative estimate of drug-likeness (QED) is 0.692. The van der Waals surface area contributed by atoms with E-state index in [1.54, 1.807) is 7.11 Å². The second-order valence-electron chi connectivity index (χ2n) is 5.35. The van der Waals surface area contributed by atoms with E-state index in [-0.39, 0.29) is 0 Å². The van der Waals surface area contributed by atoms with E-state index in [1.807, 2.05) is 47.3 Å². The zero-order chi connectivity index (χ0) is 16.1. The molecule has 3 rings (SSSR count). The van der Waals surface area contributed by atoms with E-state index < -0.39 is 0 Å². The Morgan fingerprint density at radius 2 is 1.91 bits per heavy atom. The van der Waals surface area contributed by atoms with Gasteiger partial charge in [0.25, 0.3) is 0 Å². The minimum atomic E-state index is 0.716. The number of aromatic nitrogens is 3. The molecule has 23 heavy (non-hydrogen) atoms. The molecule has 0 aliphatic carbocycles. The number of rotatable bonds is 6. The Bertz CT molecular complexity index is 771. The first-order valence-corrected chi connectivity index (χ1v) is 7.88. The average molecular weight is 328 g/mol. The molecule has 0 amide bonds. The molecule has 0 aliphatic rings. The normalized spacial score (nSPS) is 10.7. The molecule has 0 fully saturated rings. The molecule has 0 unspecified atom stereocenters. The molecule has 4 nitrogen and oxygen atoms in total. The molecule has 0 atom stereocenters. The molecule has 3 aromatic rings. The number of hydrogen-bond acceptors (Lipinski definition) is 3. The molecule has 0 aliphatic heterocycles. The van der Waals surface area contributed by atoms with Crippen LogP contribution in [0.15, 0.2) is 54.7 Å². The van der Waals surface area contributed by atoms with Crippen LogP contribution < -0.4 is 4.74 Å². The molecule has 118 valence electrons. The average Bonchev–Trinajstić information content (AvgIpc) is 3.01. The first kappa shape index (κ1) is 15.6. The summed E-state index contributed by atoms with van der Waals surface area (Å²) in [5.74, 6) is 0.853. The van der Waals surface area contributed by atoms with Gasteiger partial charge in [0.1, 0.15) is 5.75 Å². The fourth-order valence-electron chi connectivity index (χ4n) is 2.51. The van der Waals surface area contributed by atoms with E-state index >= 15 is 0 Å². The molecule has 5 heteroatoms. The maximum absolute atomic E-state index is 6.06. The number of benzene rings is 2. The largest absolute Gasteiger partial charge is 0.496 e. The van der Waals surface area contributed by atoms with E-state index in [1.165, 1.54) is 5.56 Å². The minimum Gasteiger partial charge on any atom is -0.496 e. The van der Waals surface area contributed by atoms with E-state index in [0.717, 1.165) is 36.4 Å². The molecule has 0 N–H and O–H groups in total. The number of hydrogen-bond donors (Lipinski definition) is 0. The Labute approximate surface area is 140 Å². The lowest BCUT2D eigenvalue weighted by Gasteiger charge is -2.07. The SMILES string of the molecule is COc1ccc(Cl)cc1CCc1cn(Cc2ccccc2)nn1. The van der Waals surface area contributed by atoms with Gasteiger partial charge in [-0.2, -0.15) is 0 Å². The van der Waals surface area contributed by atoms with E-state index in [2.05, 4.69) is 22.4 Å². The van der Waals surface area contributed by atoms with Crippen molar-refractivity contribution in [3.8, 4) is 5.75 Å². The van der Waals surface area contributed by atoms with Crippen molar-refractivity contribution in [1.82, 2.24) is 15.0 Å². The molecule has 0 saturated heterocycles. The number of aryl methyl sites for hydroxylation is 2. The van der Waals surface area contributed by atoms with Gasteiger partial charge in [-0.25, -0.2) is 4.68 Å². The summed E-state index contributed by atoms with van der Waals surface area (Å²) in [6.07, 6.45) is 3.60. The second kappa shape index (κ2) is 7.29. The van der Waals surface area contributed by atoms with Crippen molar-refractivity contribution >= 4 is 11.6 Å². The maximum Gasteiger partial charge on any atom is 0.122 e. The van der Waals surface area contributed by atoms with Crippen LogP contribution in [0, 0.1) is 0 Å². The van der Waals surface area contributed by atoms with Gasteiger partial charge in [-0.05, 0) is 42.2 Å². The van der Waals surface area contributed by atoms with Gasteiger partial charge in [-0.15, -0.1) is 5.10 Å². The number of nitrogens with zero attached hydrogens (tertiary/aromatic N) is 3. The Hall–Kier alpha value is -2.33. The van der Waals surface area contributed by atoms with Crippen LogP contribution in [0.25, 0.3) is 0 Å². The van der Waals surface area contributed by atoms with Crippen molar-refractivity contribution in [2.75, 3.05) is 7.11 Å². The zero-order valence-electron chi connectivity index (χ0n) is 12.9. The molecule has 0 bridgehead atoms. The Morgan fingerprint density at radius 3 is 2.70 bits per heavy atom. The van der Waals surface area contributed by atoms with Gasteiger partial charge in [0.2, 0.25) is 0 Å². The van der Waals surface area contributed by atoms with Gasteiger partial charge >= 0.3 is 0 Å². The monoisotopic (exact) mass is 327 g/mol. The summed E-state index contributed by atoms with van der Waals surface area (Å²) < 4.78 is 7.23. The Balaban J connectivity index is 1.64. The van der Waals surface area contributed by atoms with Crippen LogP contribution in [-0.4, -0.2) is 22.1 Å². The van der Waals surface area contributed by atoms with Crippen LogP contribution in [-0.2, 0) is 19.4 Å². The topological polar surface area (TPSA) is 39.9 Å². The molecule has 0 spiro atoms. The predicted octanol–water partition coefficient (Wildman–Crippen LogP) is 3.77. The predicted molar refractivity (Wildman–Crippen MR) is 91.0 cm³/mol. The smallest absolute Gasteiger partial charge is 0.122 e. The van der Waals surface area contributed by atoms with Gasteiger partial charge in [-0.1, -0.05) is 47.1 Å². The number of ether oxygens (including phenoxy) is 1. The third-order valence-electron chi connectivity index (χ3n) is 3.67. The summed E-state index contributed by atoms with van der Waals surface area (Å²) in [4.78, 5) is 0. The van der Waals surface area contributed by atoms with Gasteiger partial charge in [0.05, 0.1) is 19.3 Å². The standard InChI is InChI=1S/C18H18ClN3O/c1-23-18-10-8-16(19)11-15(18)7-9-17-13-22(21-20-17)12-14-5-3-2-4-6-14/h2-6,8,10-11,13H,7,9,12H2,1H3. The Kier molecular flexibility index (Phi) is 4.93. The van der Waals surface area contributed by atoms with Crippen LogP contribution in [0.2, 0.25) is 5.02 Å². The van der Waals surface area contributed by atoms with E-state index in [4.69, 9.17) is 16.3 Å². The first-order chi connectivity index (χ1) is 11.2. The van der Waals surface area contributed by atoms with Gasteiger partial charge in [0.15, 0.2) is 0 Å². The van der Waals surface area contributed by atoms with Crippen LogP contribution >= 0.6 is 11.6 Å². The van der Waals surface area contributed by atoms with Crippen LogP contribution in [0.3, 0.4) is 0 Å². The Morgan fingerprint density at radius 1 is 1.09 bits per heavy atom. The van der Waals surface area contributed by atoms with E-state index in [9.17, 15) is 0 Å². The molecule has 0 saturated carbocycles. The summed E-state index contributed by atoms with van der Waals surface area (Å²) in [5.41, 5.74) is 3.25. The maximum atomic E-state index is 6.06. The molecular weight excluding hydrogens is 310 g/mol. The highest BCUT2D eigenvalue weighted by Crippen LogP contribution is 2.23. The molecular formula is C18H18ClN3O. The fraction of sp³-hybridized carbons (Fsp3) is 0.222. The molecule has 1 aromatic heterocycles. The third kappa shape index (κ3) is 4.11. The molecule has 2 aromatic carbocycles. The van der Waals surface area contributed by atoms with Crippen molar-refractivity contribution in [3.63, 3.8) is 0 Å². The van der Waals surface area contributed by atoms with Crippen molar-refractivity contribution in [3.05, 3.63) is 76.6 Å². The van der Waals surface area contributed by atoms with Crippen LogP contribution in [0.4, 0.5) is 0 Å². The summed E-state index contributed by atoms with van der Waals surface area (Å²) in [6, 6.07) is 15.9. The highest BCUT2D eigenvalue weighted by Gasteiger charge is 2.07. The summed E-state index contributed by atoms with van der Waals surface area (Å²) in [7, 11) is 1.67. The minimum absolute atomic E-state index is 0.716. The zero-order valence-corrected chi connectivity index (χ0v) is 13.7. The molecule has 0 radical (unpaired) electrons. The molecule has 1 heterocycles. The highest BCUT2D eigenvalue weighted by molar-refractivity contribution is 6.30. The second-order valence-corrected chi connectivity index (χ2v) is 5.79. The number of halogens is 1. The van der Waals surface area contributed by atoms with Crippen molar-refractivity contribution in [1.29, 1.82) is 0 Å². The van der Waals surface area contributed by atoms with Gasteiger partial charge in [-0.3, -0.25) is 0 Å². The van der Waals surface area contributed by atoms with Crippen LogP contribution in [0.5, 0.6) is 5.75 Å². The van der Waals surface area contributed by atoms with E-state index in [0.29, 0.717) is 5.02 Å². The van der Waals surface area contributed by atoms with Gasteiger partial charge in [0, 0.05) is 11.2 Å². The highest BCUT2D eigenvalue weighted by atomic mass is 35.5. The lowest BCUT2D eigenvalue weighted by atomic mass is 10.1. The van der Waals surface area contributed by atoms with Crippen molar-refractivity contribution in [2.24, 2.45) is 0 Å². The first-order valence-electron chi connectivity index (χ1n) is 7.50. The summed E-state index contributed by atoms with van der Waals surface area (Å²) >= 11 is 6.06. The van der Waals surface area contributed by atoms with Gasteiger partial charge < -0.3 is 4.74 Å². The third-order valence-corrected chi connectivity index (χ3v) is 3.90. The summed E-state index contributed by atoms with van der Waals surface area (Å²) in [6.45, 7) is 0.730.